The molecular weight excluding hydrogens is 310 g/mol. The van der Waals surface area contributed by atoms with Gasteiger partial charge in [0.1, 0.15) is 23.9 Å². The highest BCUT2D eigenvalue weighted by atomic mass is 16.1. The molecule has 4 heteroatoms. The van der Waals surface area contributed by atoms with E-state index in [4.69, 9.17) is 0 Å². The zero-order valence-corrected chi connectivity index (χ0v) is 15.1. The van der Waals surface area contributed by atoms with E-state index in [0.29, 0.717) is 18.5 Å². The second-order valence-corrected chi connectivity index (χ2v) is 7.03. The number of fused-ring (bicyclic) bond motifs is 1. The number of nitrogens with zero attached hydrogens (tertiary/aromatic N) is 2. The molecule has 2 aromatic heterocycles. The number of aromatic nitrogens is 2. The van der Waals surface area contributed by atoms with Crippen LogP contribution in [-0.4, -0.2) is 9.38 Å². The smallest absolute Gasteiger partial charge is 0.258 e. The van der Waals surface area contributed by atoms with Gasteiger partial charge in [-0.3, -0.25) is 9.20 Å². The largest absolute Gasteiger partial charge is 0.335 e. The molecule has 0 saturated carbocycles. The molecule has 4 nitrogen and oxygen atoms in total. The van der Waals surface area contributed by atoms with Gasteiger partial charge in [0, 0.05) is 23.7 Å². The molecular formula is C21H26N3O+. The monoisotopic (exact) mass is 336 g/mol. The second-order valence-electron chi connectivity index (χ2n) is 7.03. The Labute approximate surface area is 148 Å². The fourth-order valence-electron chi connectivity index (χ4n) is 3.31. The van der Waals surface area contributed by atoms with Gasteiger partial charge in [0.05, 0.1) is 0 Å². The number of hydrogen-bond acceptors (Lipinski definition) is 2. The van der Waals surface area contributed by atoms with Crippen molar-refractivity contribution in [1.29, 1.82) is 0 Å². The minimum atomic E-state index is -0.00776. The minimum Gasteiger partial charge on any atom is -0.335 e. The molecule has 0 spiro atoms. The van der Waals surface area contributed by atoms with E-state index in [1.54, 1.807) is 10.5 Å². The topological polar surface area (TPSA) is 51.0 Å². The minimum absolute atomic E-state index is 0.00776. The Bertz CT molecular complexity index is 900. The van der Waals surface area contributed by atoms with E-state index in [1.165, 1.54) is 5.56 Å². The average molecular weight is 336 g/mol. The van der Waals surface area contributed by atoms with E-state index in [-0.39, 0.29) is 5.56 Å². The molecule has 3 rings (SSSR count). The predicted octanol–water partition coefficient (Wildman–Crippen LogP) is 2.85. The van der Waals surface area contributed by atoms with Crippen molar-refractivity contribution in [2.24, 2.45) is 5.92 Å². The molecule has 0 saturated heterocycles. The first kappa shape index (κ1) is 17.4. The highest BCUT2D eigenvalue weighted by Crippen LogP contribution is 2.17. The molecule has 2 heterocycles. The number of rotatable bonds is 6. The molecule has 0 fully saturated rings. The summed E-state index contributed by atoms with van der Waals surface area (Å²) in [5, 5.41) is 2.30. The average Bonchev–Trinajstić information content (AvgIpc) is 2.59. The molecule has 25 heavy (non-hydrogen) atoms. The van der Waals surface area contributed by atoms with Crippen molar-refractivity contribution in [3.8, 4) is 0 Å². The van der Waals surface area contributed by atoms with Gasteiger partial charge in [-0.1, -0.05) is 50.2 Å². The summed E-state index contributed by atoms with van der Waals surface area (Å²) in [5.41, 5.74) is 3.78. The Hall–Kier alpha value is -2.46. The summed E-state index contributed by atoms with van der Waals surface area (Å²) in [5.74, 6) is 0.610. The van der Waals surface area contributed by atoms with Crippen LogP contribution in [0, 0.1) is 12.8 Å². The molecule has 0 aliphatic carbocycles. The van der Waals surface area contributed by atoms with Gasteiger partial charge in [0.15, 0.2) is 0 Å². The highest BCUT2D eigenvalue weighted by Gasteiger charge is 2.17. The molecule has 0 amide bonds. The van der Waals surface area contributed by atoms with Crippen LogP contribution in [-0.2, 0) is 6.54 Å². The zero-order valence-electron chi connectivity index (χ0n) is 15.1. The van der Waals surface area contributed by atoms with Crippen LogP contribution in [0.25, 0.3) is 5.65 Å². The maximum absolute atomic E-state index is 12.4. The van der Waals surface area contributed by atoms with Crippen LogP contribution in [0.2, 0.25) is 0 Å². The summed E-state index contributed by atoms with van der Waals surface area (Å²) < 4.78 is 1.66. The second kappa shape index (κ2) is 7.62. The Morgan fingerprint density at radius 3 is 2.56 bits per heavy atom. The van der Waals surface area contributed by atoms with Crippen molar-refractivity contribution in [2.75, 3.05) is 0 Å². The van der Waals surface area contributed by atoms with Crippen LogP contribution < -0.4 is 10.9 Å². The standard InChI is InChI=1S/C21H25N3O/c1-15(2)12-19(17-9-5-4-6-10-17)22-14-18-13-21(25)24-16(3)8-7-11-20(24)23-18/h4-11,13,15,19,22H,12,14H2,1-3H3/p+1/t19-/m0/s1. The maximum Gasteiger partial charge on any atom is 0.258 e. The van der Waals surface area contributed by atoms with E-state index < -0.39 is 0 Å². The maximum atomic E-state index is 12.4. The molecule has 3 aromatic rings. The fourth-order valence-corrected chi connectivity index (χ4v) is 3.31. The number of pyridine rings is 1. The summed E-state index contributed by atoms with van der Waals surface area (Å²) in [6.45, 7) is 7.11. The summed E-state index contributed by atoms with van der Waals surface area (Å²) in [4.78, 5) is 17.1. The van der Waals surface area contributed by atoms with Crippen LogP contribution in [0.5, 0.6) is 0 Å². The number of nitrogens with two attached hydrogens (primary N) is 1. The highest BCUT2D eigenvalue weighted by molar-refractivity contribution is 5.40. The SMILES string of the molecule is Cc1cccc2nc(C[NH2+][C@@H](CC(C)C)c3ccccc3)cc(=O)n12. The molecule has 1 atom stereocenters. The van der Waals surface area contributed by atoms with Gasteiger partial charge in [0.2, 0.25) is 0 Å². The first-order chi connectivity index (χ1) is 12.0. The van der Waals surface area contributed by atoms with Crippen molar-refractivity contribution in [2.45, 2.75) is 39.8 Å². The van der Waals surface area contributed by atoms with E-state index in [2.05, 4.69) is 48.4 Å². The van der Waals surface area contributed by atoms with Crippen molar-refractivity contribution in [1.82, 2.24) is 9.38 Å². The van der Waals surface area contributed by atoms with E-state index in [9.17, 15) is 4.79 Å². The third-order valence-corrected chi connectivity index (χ3v) is 4.50. The fraction of sp³-hybridized carbons (Fsp3) is 0.333. The van der Waals surface area contributed by atoms with Gasteiger partial charge in [-0.2, -0.15) is 0 Å². The Balaban J connectivity index is 1.83. The lowest BCUT2D eigenvalue weighted by Gasteiger charge is -2.18. The van der Waals surface area contributed by atoms with Crippen molar-refractivity contribution in [3.63, 3.8) is 0 Å². The first-order valence-corrected chi connectivity index (χ1v) is 8.91. The van der Waals surface area contributed by atoms with Gasteiger partial charge < -0.3 is 5.32 Å². The van der Waals surface area contributed by atoms with Gasteiger partial charge in [-0.15, -0.1) is 0 Å². The molecule has 0 bridgehead atoms. The normalized spacial score (nSPS) is 12.6. The van der Waals surface area contributed by atoms with Crippen LogP contribution in [0.1, 0.15) is 43.3 Å². The van der Waals surface area contributed by atoms with Crippen molar-refractivity contribution >= 4 is 5.65 Å². The van der Waals surface area contributed by atoms with Crippen molar-refractivity contribution < 1.29 is 5.32 Å². The quantitative estimate of drug-likeness (QED) is 0.752. The third-order valence-electron chi connectivity index (χ3n) is 4.50. The molecule has 2 N–H and O–H groups in total. The van der Waals surface area contributed by atoms with Gasteiger partial charge >= 0.3 is 0 Å². The van der Waals surface area contributed by atoms with E-state index >= 15 is 0 Å². The van der Waals surface area contributed by atoms with Crippen molar-refractivity contribution in [3.05, 3.63) is 81.9 Å². The number of quaternary nitrogens is 1. The van der Waals surface area contributed by atoms with Gasteiger partial charge in [0.25, 0.3) is 5.56 Å². The van der Waals surface area contributed by atoms with E-state index in [1.807, 2.05) is 31.2 Å². The lowest BCUT2D eigenvalue weighted by Crippen LogP contribution is -2.84. The van der Waals surface area contributed by atoms with Crippen LogP contribution in [0.15, 0.2) is 59.4 Å². The molecule has 0 radical (unpaired) electrons. The Morgan fingerprint density at radius 2 is 1.84 bits per heavy atom. The van der Waals surface area contributed by atoms with Gasteiger partial charge in [-0.25, -0.2) is 4.98 Å². The first-order valence-electron chi connectivity index (χ1n) is 8.91. The number of aryl methyl sites for hydroxylation is 1. The molecule has 130 valence electrons. The molecule has 0 aliphatic rings. The number of benzene rings is 1. The Morgan fingerprint density at radius 1 is 1.08 bits per heavy atom. The zero-order chi connectivity index (χ0) is 17.8. The Kier molecular flexibility index (Phi) is 5.29. The predicted molar refractivity (Wildman–Crippen MR) is 100 cm³/mol. The third kappa shape index (κ3) is 4.15. The molecule has 1 aromatic carbocycles. The summed E-state index contributed by atoms with van der Waals surface area (Å²) in [6, 6.07) is 18.4. The van der Waals surface area contributed by atoms with Crippen LogP contribution in [0.3, 0.4) is 0 Å². The summed E-state index contributed by atoms with van der Waals surface area (Å²) in [7, 11) is 0. The van der Waals surface area contributed by atoms with Crippen LogP contribution >= 0.6 is 0 Å². The lowest BCUT2D eigenvalue weighted by atomic mass is 9.97. The summed E-state index contributed by atoms with van der Waals surface area (Å²) in [6.07, 6.45) is 1.09. The van der Waals surface area contributed by atoms with Gasteiger partial charge in [-0.05, 0) is 25.0 Å². The lowest BCUT2D eigenvalue weighted by molar-refractivity contribution is -0.713. The summed E-state index contributed by atoms with van der Waals surface area (Å²) >= 11 is 0. The van der Waals surface area contributed by atoms with E-state index in [0.717, 1.165) is 23.5 Å². The number of hydrogen-bond donors (Lipinski definition) is 1. The molecule has 0 unspecified atom stereocenters. The molecule has 0 aliphatic heterocycles. The van der Waals surface area contributed by atoms with Crippen LogP contribution in [0.4, 0.5) is 0 Å².